The van der Waals surface area contributed by atoms with Gasteiger partial charge in [-0.2, -0.15) is 0 Å². The molecule has 1 atom stereocenters. The molecule has 94 valence electrons. The minimum atomic E-state index is -0.820. The molecule has 0 spiro atoms. The van der Waals surface area contributed by atoms with Gasteiger partial charge in [0.05, 0.1) is 6.61 Å². The third-order valence-electron chi connectivity index (χ3n) is 2.93. The molecular weight excluding hydrogens is 242 g/mol. The number of nitrogens with zero attached hydrogens (tertiary/aromatic N) is 1. The lowest BCUT2D eigenvalue weighted by Gasteiger charge is -2.11. The first-order chi connectivity index (χ1) is 8.18. The summed E-state index contributed by atoms with van der Waals surface area (Å²) in [5.74, 6) is -0.530. The lowest BCUT2D eigenvalue weighted by atomic mass is 10.1. The Labute approximate surface area is 103 Å². The second kappa shape index (κ2) is 5.46. The minimum Gasteiger partial charge on any atom is -0.481 e. The van der Waals surface area contributed by atoms with Crippen molar-refractivity contribution in [2.45, 2.75) is 31.7 Å². The van der Waals surface area contributed by atoms with Crippen LogP contribution in [0, 0.1) is 0 Å². The summed E-state index contributed by atoms with van der Waals surface area (Å²) in [5, 5.41) is 10.5. The van der Waals surface area contributed by atoms with E-state index in [1.54, 1.807) is 4.57 Å². The topological polar surface area (TPSA) is 68.5 Å². The van der Waals surface area contributed by atoms with Crippen LogP contribution >= 0.6 is 11.3 Å². The third-order valence-corrected chi connectivity index (χ3v) is 3.71. The normalized spacial score (nSPS) is 19.6. The molecule has 1 N–H and O–H groups in total. The van der Waals surface area contributed by atoms with Crippen LogP contribution in [0.15, 0.2) is 10.2 Å². The molecular formula is C11H15NO4S. The Morgan fingerprint density at radius 2 is 2.47 bits per heavy atom. The summed E-state index contributed by atoms with van der Waals surface area (Å²) in [5.41, 5.74) is 1.00. The molecule has 0 radical (unpaired) electrons. The van der Waals surface area contributed by atoms with Crippen LogP contribution in [-0.4, -0.2) is 28.9 Å². The lowest BCUT2D eigenvalue weighted by molar-refractivity contribution is -0.137. The standard InChI is InChI=1S/C11H15NO4S/c13-10(14)2-1-4-12-9(7-17-11(12)15)8-3-5-16-6-8/h7-8H,1-6H2,(H,13,14). The van der Waals surface area contributed by atoms with Crippen LogP contribution in [0.2, 0.25) is 0 Å². The van der Waals surface area contributed by atoms with Gasteiger partial charge < -0.3 is 14.4 Å². The number of aliphatic carboxylic acids is 1. The Bertz CT molecular complexity index is 445. The fraction of sp³-hybridized carbons (Fsp3) is 0.636. The number of carbonyl (C=O) groups is 1. The fourth-order valence-corrected chi connectivity index (χ4v) is 2.90. The van der Waals surface area contributed by atoms with E-state index in [0.717, 1.165) is 18.7 Å². The summed E-state index contributed by atoms with van der Waals surface area (Å²) in [4.78, 5) is 22.1. The molecule has 1 aromatic rings. The summed E-state index contributed by atoms with van der Waals surface area (Å²) >= 11 is 1.18. The molecule has 1 unspecified atom stereocenters. The number of carboxylic acid groups (broad SMARTS) is 1. The van der Waals surface area contributed by atoms with Gasteiger partial charge in [0.15, 0.2) is 0 Å². The van der Waals surface area contributed by atoms with E-state index < -0.39 is 5.97 Å². The highest BCUT2D eigenvalue weighted by atomic mass is 32.1. The van der Waals surface area contributed by atoms with Crippen molar-refractivity contribution in [3.63, 3.8) is 0 Å². The molecule has 0 bridgehead atoms. The van der Waals surface area contributed by atoms with Gasteiger partial charge in [0.2, 0.25) is 0 Å². The van der Waals surface area contributed by atoms with E-state index in [4.69, 9.17) is 9.84 Å². The van der Waals surface area contributed by atoms with Gasteiger partial charge in [-0.1, -0.05) is 11.3 Å². The second-order valence-corrected chi connectivity index (χ2v) is 4.96. The van der Waals surface area contributed by atoms with Gasteiger partial charge in [-0.05, 0) is 12.8 Å². The summed E-state index contributed by atoms with van der Waals surface area (Å²) in [7, 11) is 0. The Kier molecular flexibility index (Phi) is 3.96. The zero-order chi connectivity index (χ0) is 12.3. The predicted molar refractivity (Wildman–Crippen MR) is 63.6 cm³/mol. The van der Waals surface area contributed by atoms with E-state index in [2.05, 4.69) is 0 Å². The molecule has 0 aromatic carbocycles. The van der Waals surface area contributed by atoms with Crippen LogP contribution < -0.4 is 4.87 Å². The highest BCUT2D eigenvalue weighted by molar-refractivity contribution is 7.07. The first-order valence-electron chi connectivity index (χ1n) is 5.66. The van der Waals surface area contributed by atoms with Gasteiger partial charge in [-0.15, -0.1) is 0 Å². The Morgan fingerprint density at radius 3 is 3.12 bits per heavy atom. The third kappa shape index (κ3) is 2.95. The first-order valence-corrected chi connectivity index (χ1v) is 6.54. The van der Waals surface area contributed by atoms with Crippen LogP contribution in [0.4, 0.5) is 0 Å². The van der Waals surface area contributed by atoms with Crippen LogP contribution in [0.1, 0.15) is 30.9 Å². The number of rotatable bonds is 5. The zero-order valence-corrected chi connectivity index (χ0v) is 10.2. The predicted octanol–water partition coefficient (Wildman–Crippen LogP) is 1.28. The van der Waals surface area contributed by atoms with E-state index >= 15 is 0 Å². The number of thiazole rings is 1. The molecule has 1 aromatic heterocycles. The van der Waals surface area contributed by atoms with Crippen molar-refractivity contribution in [3.05, 3.63) is 20.7 Å². The van der Waals surface area contributed by atoms with Crippen LogP contribution in [0.5, 0.6) is 0 Å². The van der Waals surface area contributed by atoms with Crippen LogP contribution in [-0.2, 0) is 16.1 Å². The summed E-state index contributed by atoms with van der Waals surface area (Å²) < 4.78 is 7.01. The molecule has 17 heavy (non-hydrogen) atoms. The van der Waals surface area contributed by atoms with E-state index in [1.165, 1.54) is 11.3 Å². The van der Waals surface area contributed by atoms with E-state index in [1.807, 2.05) is 5.38 Å². The zero-order valence-electron chi connectivity index (χ0n) is 9.42. The molecule has 1 aliphatic rings. The van der Waals surface area contributed by atoms with Gasteiger partial charge in [-0.3, -0.25) is 9.59 Å². The summed E-state index contributed by atoms with van der Waals surface area (Å²) in [6.45, 7) is 1.89. The molecule has 6 heteroatoms. The molecule has 0 aliphatic carbocycles. The number of ether oxygens (including phenoxy) is 1. The second-order valence-electron chi connectivity index (χ2n) is 4.14. The smallest absolute Gasteiger partial charge is 0.307 e. The van der Waals surface area contributed by atoms with Gasteiger partial charge in [-0.25, -0.2) is 0 Å². The van der Waals surface area contributed by atoms with Gasteiger partial charge in [0, 0.05) is 36.6 Å². The molecule has 5 nitrogen and oxygen atoms in total. The molecule has 0 amide bonds. The maximum Gasteiger partial charge on any atom is 0.307 e. The lowest BCUT2D eigenvalue weighted by Crippen LogP contribution is -2.19. The molecule has 2 heterocycles. The van der Waals surface area contributed by atoms with Crippen molar-refractivity contribution in [1.82, 2.24) is 4.57 Å². The molecule has 2 rings (SSSR count). The van der Waals surface area contributed by atoms with E-state index in [9.17, 15) is 9.59 Å². The molecule has 1 aliphatic heterocycles. The van der Waals surface area contributed by atoms with Crippen LogP contribution in [0.3, 0.4) is 0 Å². The quantitative estimate of drug-likeness (QED) is 0.862. The van der Waals surface area contributed by atoms with Crippen molar-refractivity contribution in [3.8, 4) is 0 Å². The number of carboxylic acids is 1. The van der Waals surface area contributed by atoms with Gasteiger partial charge >= 0.3 is 10.8 Å². The van der Waals surface area contributed by atoms with Gasteiger partial charge in [0.25, 0.3) is 0 Å². The van der Waals surface area contributed by atoms with Gasteiger partial charge in [0.1, 0.15) is 0 Å². The SMILES string of the molecule is O=C(O)CCCn1c(C2CCOC2)csc1=O. The van der Waals surface area contributed by atoms with Crippen molar-refractivity contribution in [2.24, 2.45) is 0 Å². The van der Waals surface area contributed by atoms with Crippen molar-refractivity contribution in [1.29, 1.82) is 0 Å². The maximum absolute atomic E-state index is 11.7. The summed E-state index contributed by atoms with van der Waals surface area (Å²) in [6, 6.07) is 0. The van der Waals surface area contributed by atoms with Crippen molar-refractivity contribution in [2.75, 3.05) is 13.2 Å². The van der Waals surface area contributed by atoms with Crippen molar-refractivity contribution < 1.29 is 14.6 Å². The largest absolute Gasteiger partial charge is 0.481 e. The fourth-order valence-electron chi connectivity index (χ4n) is 2.04. The van der Waals surface area contributed by atoms with Crippen molar-refractivity contribution >= 4 is 17.3 Å². The number of aromatic nitrogens is 1. The highest BCUT2D eigenvalue weighted by Crippen LogP contribution is 2.25. The summed E-state index contributed by atoms with van der Waals surface area (Å²) in [6.07, 6.45) is 1.53. The minimum absolute atomic E-state index is 0.00251. The first kappa shape index (κ1) is 12.3. The molecule has 0 saturated carbocycles. The Balaban J connectivity index is 2.06. The highest BCUT2D eigenvalue weighted by Gasteiger charge is 2.22. The number of hydrogen-bond donors (Lipinski definition) is 1. The Morgan fingerprint density at radius 1 is 1.65 bits per heavy atom. The molecule has 1 saturated heterocycles. The maximum atomic E-state index is 11.7. The average Bonchev–Trinajstić information content (AvgIpc) is 2.88. The average molecular weight is 257 g/mol. The van der Waals surface area contributed by atoms with E-state index in [0.29, 0.717) is 25.5 Å². The number of hydrogen-bond acceptors (Lipinski definition) is 4. The van der Waals surface area contributed by atoms with E-state index in [-0.39, 0.29) is 11.3 Å². The monoisotopic (exact) mass is 257 g/mol. The molecule has 1 fully saturated rings. The Hall–Kier alpha value is -1.14. The van der Waals surface area contributed by atoms with Crippen LogP contribution in [0.25, 0.3) is 0 Å².